The number of nitrogens with zero attached hydrogens (tertiary/aromatic N) is 6. The first-order valence-electron chi connectivity index (χ1n) is 11.7. The van der Waals surface area contributed by atoms with E-state index >= 15 is 0 Å². The molecule has 10 heteroatoms. The Labute approximate surface area is 201 Å². The van der Waals surface area contributed by atoms with Crippen molar-refractivity contribution in [3.05, 3.63) is 53.3 Å². The van der Waals surface area contributed by atoms with Crippen molar-refractivity contribution in [1.82, 2.24) is 24.3 Å². The molecule has 1 aliphatic heterocycles. The Kier molecular flexibility index (Phi) is 7.18. The molecule has 1 aliphatic rings. The predicted octanol–water partition coefficient (Wildman–Crippen LogP) is 3.28. The lowest BCUT2D eigenvalue weighted by atomic mass is 10.2. The smallest absolute Gasteiger partial charge is 0.243 e. The first-order chi connectivity index (χ1) is 16.3. The molecule has 2 aromatic heterocycles. The zero-order valence-corrected chi connectivity index (χ0v) is 21.0. The highest BCUT2D eigenvalue weighted by Crippen LogP contribution is 2.23. The van der Waals surface area contributed by atoms with Crippen molar-refractivity contribution in [3.8, 4) is 11.6 Å². The Balaban J connectivity index is 1.38. The first-order valence-corrected chi connectivity index (χ1v) is 13.1. The summed E-state index contributed by atoms with van der Waals surface area (Å²) in [6, 6.07) is 10.5. The van der Waals surface area contributed by atoms with Crippen LogP contribution in [0.3, 0.4) is 0 Å². The summed E-state index contributed by atoms with van der Waals surface area (Å²) < 4.78 is 35.1. The summed E-state index contributed by atoms with van der Waals surface area (Å²) in [6.45, 7) is 10.6. The molecule has 0 atom stereocenters. The van der Waals surface area contributed by atoms with Gasteiger partial charge in [-0.1, -0.05) is 13.3 Å². The summed E-state index contributed by atoms with van der Waals surface area (Å²) in [5, 5.41) is 13.3. The second kappa shape index (κ2) is 10.1. The summed E-state index contributed by atoms with van der Waals surface area (Å²) in [5.41, 5.74) is 3.15. The number of rotatable bonds is 8. The molecular formula is C24H32N6O3S. The van der Waals surface area contributed by atoms with E-state index in [-0.39, 0.29) is 4.90 Å². The molecule has 1 aromatic carbocycles. The molecule has 3 aromatic rings. The van der Waals surface area contributed by atoms with E-state index in [1.807, 2.05) is 32.9 Å². The minimum atomic E-state index is -3.56. The number of aromatic nitrogens is 4. The van der Waals surface area contributed by atoms with Crippen LogP contribution in [0.5, 0.6) is 5.75 Å². The second-order valence-electron chi connectivity index (χ2n) is 8.52. The SMILES string of the molecule is CCCCOc1ccc(S(=O)(=O)N2CCN(c3ccc(-n4nc(C)c(C)c4C)nn3)CC2)cc1. The maximum Gasteiger partial charge on any atom is 0.243 e. The normalized spacial score (nSPS) is 15.0. The summed E-state index contributed by atoms with van der Waals surface area (Å²) in [4.78, 5) is 2.34. The van der Waals surface area contributed by atoms with Crippen LogP contribution >= 0.6 is 0 Å². The van der Waals surface area contributed by atoms with E-state index in [2.05, 4.69) is 27.1 Å². The van der Waals surface area contributed by atoms with Crippen molar-refractivity contribution < 1.29 is 13.2 Å². The molecule has 0 aliphatic carbocycles. The third-order valence-electron chi connectivity index (χ3n) is 6.30. The minimum absolute atomic E-state index is 0.285. The fourth-order valence-corrected chi connectivity index (χ4v) is 5.31. The van der Waals surface area contributed by atoms with E-state index in [0.29, 0.717) is 44.4 Å². The van der Waals surface area contributed by atoms with Crippen molar-refractivity contribution in [3.63, 3.8) is 0 Å². The average Bonchev–Trinajstić information content (AvgIpc) is 3.12. The van der Waals surface area contributed by atoms with Crippen molar-refractivity contribution in [2.75, 3.05) is 37.7 Å². The van der Waals surface area contributed by atoms with Crippen molar-refractivity contribution in [2.45, 2.75) is 45.4 Å². The highest BCUT2D eigenvalue weighted by molar-refractivity contribution is 7.89. The zero-order valence-electron chi connectivity index (χ0n) is 20.2. The fraction of sp³-hybridized carbons (Fsp3) is 0.458. The molecule has 0 bridgehead atoms. The van der Waals surface area contributed by atoms with E-state index in [4.69, 9.17) is 4.74 Å². The number of piperazine rings is 1. The molecule has 0 unspecified atom stereocenters. The number of aryl methyl sites for hydroxylation is 1. The molecule has 0 amide bonds. The van der Waals surface area contributed by atoms with Gasteiger partial charge in [-0.25, -0.2) is 13.1 Å². The van der Waals surface area contributed by atoms with Gasteiger partial charge in [0, 0.05) is 31.9 Å². The van der Waals surface area contributed by atoms with Crippen molar-refractivity contribution >= 4 is 15.8 Å². The summed E-state index contributed by atoms with van der Waals surface area (Å²) in [6.07, 6.45) is 2.03. The Bertz CT molecular complexity index is 1210. The van der Waals surface area contributed by atoms with Gasteiger partial charge in [-0.05, 0) is 69.2 Å². The van der Waals surface area contributed by atoms with E-state index in [1.54, 1.807) is 28.9 Å². The maximum absolute atomic E-state index is 13.1. The van der Waals surface area contributed by atoms with Gasteiger partial charge in [0.25, 0.3) is 0 Å². The highest BCUT2D eigenvalue weighted by Gasteiger charge is 2.29. The molecule has 34 heavy (non-hydrogen) atoms. The third-order valence-corrected chi connectivity index (χ3v) is 8.21. The van der Waals surface area contributed by atoms with Crippen LogP contribution < -0.4 is 9.64 Å². The number of unbranched alkanes of at least 4 members (excludes halogenated alkanes) is 1. The monoisotopic (exact) mass is 484 g/mol. The van der Waals surface area contributed by atoms with Crippen LogP contribution in [-0.4, -0.2) is 65.5 Å². The first kappa shape index (κ1) is 24.2. The number of anilines is 1. The summed E-state index contributed by atoms with van der Waals surface area (Å²) >= 11 is 0. The van der Waals surface area contributed by atoms with Gasteiger partial charge >= 0.3 is 0 Å². The number of hydrogen-bond acceptors (Lipinski definition) is 7. The molecule has 0 saturated carbocycles. The lowest BCUT2D eigenvalue weighted by molar-refractivity contribution is 0.309. The lowest BCUT2D eigenvalue weighted by Gasteiger charge is -2.34. The van der Waals surface area contributed by atoms with E-state index in [9.17, 15) is 8.42 Å². The zero-order chi connectivity index (χ0) is 24.3. The van der Waals surface area contributed by atoms with Crippen LogP contribution in [0.25, 0.3) is 5.82 Å². The summed E-state index contributed by atoms with van der Waals surface area (Å²) in [7, 11) is -3.56. The van der Waals surface area contributed by atoms with Gasteiger partial charge in [0.1, 0.15) is 5.75 Å². The Morgan fingerprint density at radius 3 is 2.12 bits per heavy atom. The quantitative estimate of drug-likeness (QED) is 0.453. The topological polar surface area (TPSA) is 93.5 Å². The van der Waals surface area contributed by atoms with Crippen LogP contribution in [0.1, 0.15) is 36.7 Å². The molecule has 9 nitrogen and oxygen atoms in total. The van der Waals surface area contributed by atoms with Gasteiger partial charge in [-0.15, -0.1) is 10.2 Å². The molecule has 1 fully saturated rings. The van der Waals surface area contributed by atoms with Gasteiger partial charge in [-0.3, -0.25) is 0 Å². The molecule has 0 radical (unpaired) electrons. The van der Waals surface area contributed by atoms with Crippen LogP contribution in [0.2, 0.25) is 0 Å². The van der Waals surface area contributed by atoms with Gasteiger partial charge in [-0.2, -0.15) is 9.40 Å². The Hall–Kier alpha value is -2.98. The van der Waals surface area contributed by atoms with E-state index < -0.39 is 10.0 Å². The number of hydrogen-bond donors (Lipinski definition) is 0. The molecule has 0 spiro atoms. The maximum atomic E-state index is 13.1. The van der Waals surface area contributed by atoms with Crippen LogP contribution in [0, 0.1) is 20.8 Å². The van der Waals surface area contributed by atoms with Crippen molar-refractivity contribution in [1.29, 1.82) is 0 Å². The number of sulfonamides is 1. The van der Waals surface area contributed by atoms with Gasteiger partial charge in [0.05, 0.1) is 17.2 Å². The summed E-state index contributed by atoms with van der Waals surface area (Å²) in [5.74, 6) is 2.09. The van der Waals surface area contributed by atoms with Gasteiger partial charge in [0.15, 0.2) is 11.6 Å². The third kappa shape index (κ3) is 4.92. The number of benzene rings is 1. The molecule has 3 heterocycles. The standard InChI is InChI=1S/C24H32N6O3S/c1-5-6-17-33-21-7-9-22(10-8-21)34(31,32)29-15-13-28(14-16-29)23-11-12-24(26-25-23)30-20(4)18(2)19(3)27-30/h7-12H,5-6,13-17H2,1-4H3. The average molecular weight is 485 g/mol. The van der Waals surface area contributed by atoms with Crippen molar-refractivity contribution in [2.24, 2.45) is 0 Å². The molecular weight excluding hydrogens is 452 g/mol. The van der Waals surface area contributed by atoms with Gasteiger partial charge < -0.3 is 9.64 Å². The Morgan fingerprint density at radius 2 is 1.56 bits per heavy atom. The fourth-order valence-electron chi connectivity index (χ4n) is 3.89. The largest absolute Gasteiger partial charge is 0.494 e. The van der Waals surface area contributed by atoms with E-state index in [1.165, 1.54) is 4.31 Å². The second-order valence-corrected chi connectivity index (χ2v) is 10.5. The highest BCUT2D eigenvalue weighted by atomic mass is 32.2. The molecule has 0 N–H and O–H groups in total. The van der Waals surface area contributed by atoms with E-state index in [0.717, 1.165) is 35.6 Å². The van der Waals surface area contributed by atoms with Crippen LogP contribution in [0.4, 0.5) is 5.82 Å². The molecule has 4 rings (SSSR count). The number of ether oxygens (including phenoxy) is 1. The van der Waals surface area contributed by atoms with Gasteiger partial charge in [0.2, 0.25) is 10.0 Å². The molecule has 182 valence electrons. The lowest BCUT2D eigenvalue weighted by Crippen LogP contribution is -2.49. The van der Waals surface area contributed by atoms with Crippen LogP contribution in [0.15, 0.2) is 41.3 Å². The predicted molar refractivity (Wildman–Crippen MR) is 131 cm³/mol. The Morgan fingerprint density at radius 1 is 0.912 bits per heavy atom. The molecule has 1 saturated heterocycles. The van der Waals surface area contributed by atoms with Crippen LogP contribution in [-0.2, 0) is 10.0 Å². The minimum Gasteiger partial charge on any atom is -0.494 e.